The fraction of sp³-hybridized carbons (Fsp3) is 0.619. The Kier molecular flexibility index (Phi) is 5.44. The van der Waals surface area contributed by atoms with E-state index < -0.39 is 0 Å². The Hall–Kier alpha value is -2.28. The van der Waals surface area contributed by atoms with Gasteiger partial charge in [0.15, 0.2) is 11.5 Å². The third kappa shape index (κ3) is 3.55. The molecule has 0 radical (unpaired) electrons. The molecular weight excluding hydrogens is 358 g/mol. The third-order valence-electron chi connectivity index (χ3n) is 6.29. The van der Waals surface area contributed by atoms with Crippen LogP contribution in [-0.2, 0) is 9.59 Å². The Morgan fingerprint density at radius 3 is 2.50 bits per heavy atom. The number of amides is 2. The van der Waals surface area contributed by atoms with E-state index in [2.05, 4.69) is 4.90 Å². The molecule has 0 bridgehead atoms. The van der Waals surface area contributed by atoms with Crippen molar-refractivity contribution >= 4 is 17.5 Å². The van der Waals surface area contributed by atoms with Crippen molar-refractivity contribution in [2.45, 2.75) is 31.7 Å². The summed E-state index contributed by atoms with van der Waals surface area (Å²) in [5.41, 5.74) is 0.745. The molecule has 1 aromatic rings. The first-order valence-electron chi connectivity index (χ1n) is 10.2. The molecule has 1 aromatic carbocycles. The van der Waals surface area contributed by atoms with E-state index in [4.69, 9.17) is 9.47 Å². The highest BCUT2D eigenvalue weighted by atomic mass is 16.5. The molecule has 3 fully saturated rings. The Morgan fingerprint density at radius 2 is 1.79 bits per heavy atom. The van der Waals surface area contributed by atoms with Gasteiger partial charge in [0.25, 0.3) is 0 Å². The minimum Gasteiger partial charge on any atom is -0.493 e. The van der Waals surface area contributed by atoms with Crippen molar-refractivity contribution in [3.05, 3.63) is 18.2 Å². The van der Waals surface area contributed by atoms with E-state index >= 15 is 0 Å². The number of likely N-dealkylation sites (tertiary alicyclic amines) is 2. The summed E-state index contributed by atoms with van der Waals surface area (Å²) in [5.74, 6) is 1.04. The molecule has 7 heteroatoms. The van der Waals surface area contributed by atoms with Crippen molar-refractivity contribution in [1.29, 1.82) is 0 Å². The van der Waals surface area contributed by atoms with E-state index in [-0.39, 0.29) is 24.2 Å². The SMILES string of the molecule is COc1ccc(N2CC(C(=O)N3CCC(N4CCCC4)C3)CC2=O)cc1OC. The quantitative estimate of drug-likeness (QED) is 0.770. The van der Waals surface area contributed by atoms with Crippen LogP contribution in [0.5, 0.6) is 11.5 Å². The molecule has 2 unspecified atom stereocenters. The first-order valence-corrected chi connectivity index (χ1v) is 10.2. The molecule has 0 aliphatic carbocycles. The van der Waals surface area contributed by atoms with Crippen LogP contribution < -0.4 is 14.4 Å². The zero-order chi connectivity index (χ0) is 19.7. The molecule has 0 N–H and O–H groups in total. The van der Waals surface area contributed by atoms with Crippen LogP contribution in [0, 0.1) is 5.92 Å². The van der Waals surface area contributed by atoms with E-state index in [1.165, 1.54) is 12.8 Å². The smallest absolute Gasteiger partial charge is 0.228 e. The van der Waals surface area contributed by atoms with E-state index in [0.717, 1.165) is 38.3 Å². The Balaban J connectivity index is 1.41. The standard InChI is InChI=1S/C21H29N3O4/c1-27-18-6-5-16(12-19(18)28-2)24-13-15(11-20(24)25)21(26)23-10-7-17(14-23)22-8-3-4-9-22/h5-6,12,15,17H,3-4,7-11,13-14H2,1-2H3. The largest absolute Gasteiger partial charge is 0.493 e. The predicted octanol–water partition coefficient (Wildman–Crippen LogP) is 1.75. The van der Waals surface area contributed by atoms with Crippen LogP contribution in [0.4, 0.5) is 5.69 Å². The van der Waals surface area contributed by atoms with Gasteiger partial charge in [-0.2, -0.15) is 0 Å². The zero-order valence-corrected chi connectivity index (χ0v) is 16.7. The number of rotatable bonds is 5. The van der Waals surface area contributed by atoms with Crippen molar-refractivity contribution in [3.63, 3.8) is 0 Å². The van der Waals surface area contributed by atoms with Gasteiger partial charge >= 0.3 is 0 Å². The average molecular weight is 387 g/mol. The lowest BCUT2D eigenvalue weighted by Crippen LogP contribution is -2.40. The van der Waals surface area contributed by atoms with Crippen molar-refractivity contribution in [3.8, 4) is 11.5 Å². The second-order valence-corrected chi connectivity index (χ2v) is 7.91. The van der Waals surface area contributed by atoms with Crippen molar-refractivity contribution in [2.24, 2.45) is 5.92 Å². The Morgan fingerprint density at radius 1 is 1.04 bits per heavy atom. The van der Waals surface area contributed by atoms with Gasteiger partial charge in [0.05, 0.1) is 20.1 Å². The summed E-state index contributed by atoms with van der Waals surface area (Å²) in [6, 6.07) is 5.91. The van der Waals surface area contributed by atoms with Crippen molar-refractivity contribution in [2.75, 3.05) is 51.8 Å². The normalized spacial score (nSPS) is 25.6. The van der Waals surface area contributed by atoms with Crippen LogP contribution in [0.2, 0.25) is 0 Å². The van der Waals surface area contributed by atoms with Crippen molar-refractivity contribution < 1.29 is 19.1 Å². The predicted molar refractivity (Wildman–Crippen MR) is 106 cm³/mol. The summed E-state index contributed by atoms with van der Waals surface area (Å²) >= 11 is 0. The van der Waals surface area contributed by atoms with Crippen LogP contribution in [-0.4, -0.2) is 74.6 Å². The van der Waals surface area contributed by atoms with Crippen LogP contribution in [0.15, 0.2) is 18.2 Å². The van der Waals surface area contributed by atoms with Crippen LogP contribution >= 0.6 is 0 Å². The van der Waals surface area contributed by atoms with Gasteiger partial charge in [0.2, 0.25) is 11.8 Å². The summed E-state index contributed by atoms with van der Waals surface area (Å²) in [7, 11) is 3.16. The summed E-state index contributed by atoms with van der Waals surface area (Å²) in [4.78, 5) is 31.8. The molecule has 3 saturated heterocycles. The van der Waals surface area contributed by atoms with E-state index in [1.807, 2.05) is 11.0 Å². The molecule has 2 atom stereocenters. The highest BCUT2D eigenvalue weighted by Crippen LogP contribution is 2.34. The molecule has 0 aromatic heterocycles. The summed E-state index contributed by atoms with van der Waals surface area (Å²) in [6.07, 6.45) is 3.85. The number of hydrogen-bond donors (Lipinski definition) is 0. The highest BCUT2D eigenvalue weighted by molar-refractivity contribution is 6.00. The van der Waals surface area contributed by atoms with Gasteiger partial charge in [-0.05, 0) is 44.5 Å². The van der Waals surface area contributed by atoms with Gasteiger partial charge in [-0.15, -0.1) is 0 Å². The number of methoxy groups -OCH3 is 2. The number of anilines is 1. The number of carbonyl (C=O) groups is 2. The van der Waals surface area contributed by atoms with Gasteiger partial charge in [-0.3, -0.25) is 14.5 Å². The summed E-state index contributed by atoms with van der Waals surface area (Å²) in [5, 5.41) is 0. The lowest BCUT2D eigenvalue weighted by molar-refractivity contribution is -0.135. The van der Waals surface area contributed by atoms with Crippen LogP contribution in [0.1, 0.15) is 25.7 Å². The minimum atomic E-state index is -0.266. The molecule has 3 heterocycles. The van der Waals surface area contributed by atoms with Gasteiger partial charge in [-0.1, -0.05) is 0 Å². The molecule has 3 aliphatic rings. The van der Waals surface area contributed by atoms with E-state index in [0.29, 0.717) is 24.1 Å². The molecule has 4 rings (SSSR count). The molecule has 0 saturated carbocycles. The fourth-order valence-electron chi connectivity index (χ4n) is 4.72. The fourth-order valence-corrected chi connectivity index (χ4v) is 4.72. The Labute approximate surface area is 166 Å². The Bertz CT molecular complexity index is 747. The number of benzene rings is 1. The maximum Gasteiger partial charge on any atom is 0.228 e. The monoisotopic (exact) mass is 387 g/mol. The molecule has 28 heavy (non-hydrogen) atoms. The number of nitrogens with zero attached hydrogens (tertiary/aromatic N) is 3. The first-order chi connectivity index (χ1) is 13.6. The molecule has 7 nitrogen and oxygen atoms in total. The minimum absolute atomic E-state index is 0.0131. The second kappa shape index (κ2) is 7.99. The second-order valence-electron chi connectivity index (χ2n) is 7.91. The zero-order valence-electron chi connectivity index (χ0n) is 16.7. The summed E-state index contributed by atoms with van der Waals surface area (Å²) in [6.45, 7) is 4.35. The van der Waals surface area contributed by atoms with Gasteiger partial charge < -0.3 is 19.3 Å². The molecular formula is C21H29N3O4. The van der Waals surface area contributed by atoms with Crippen molar-refractivity contribution in [1.82, 2.24) is 9.80 Å². The first kappa shape index (κ1) is 19.1. The molecule has 0 spiro atoms. The van der Waals surface area contributed by atoms with Gasteiger partial charge in [-0.25, -0.2) is 0 Å². The van der Waals surface area contributed by atoms with Gasteiger partial charge in [0, 0.05) is 43.9 Å². The van der Waals surface area contributed by atoms with Crippen LogP contribution in [0.3, 0.4) is 0 Å². The molecule has 152 valence electrons. The van der Waals surface area contributed by atoms with E-state index in [1.54, 1.807) is 31.3 Å². The number of carbonyl (C=O) groups excluding carboxylic acids is 2. The molecule has 3 aliphatic heterocycles. The average Bonchev–Trinajstić information content (AvgIpc) is 3.46. The van der Waals surface area contributed by atoms with Gasteiger partial charge in [0.1, 0.15) is 0 Å². The van der Waals surface area contributed by atoms with Crippen LogP contribution in [0.25, 0.3) is 0 Å². The summed E-state index contributed by atoms with van der Waals surface area (Å²) < 4.78 is 10.6. The maximum atomic E-state index is 13.0. The third-order valence-corrected chi connectivity index (χ3v) is 6.29. The number of ether oxygens (including phenoxy) is 2. The lowest BCUT2D eigenvalue weighted by atomic mass is 10.1. The van der Waals surface area contributed by atoms with E-state index in [9.17, 15) is 9.59 Å². The topological polar surface area (TPSA) is 62.3 Å². The maximum absolute atomic E-state index is 13.0. The number of hydrogen-bond acceptors (Lipinski definition) is 5. The lowest BCUT2D eigenvalue weighted by Gasteiger charge is -2.25. The highest BCUT2D eigenvalue weighted by Gasteiger charge is 2.40. The molecule has 2 amide bonds.